The highest BCUT2D eigenvalue weighted by Gasteiger charge is 2.11. The van der Waals surface area contributed by atoms with Crippen molar-refractivity contribution in [2.75, 3.05) is 6.54 Å². The lowest BCUT2D eigenvalue weighted by atomic mass is 10.0. The molecule has 1 atom stereocenters. The normalized spacial score (nSPS) is 12.5. The van der Waals surface area contributed by atoms with E-state index in [1.807, 2.05) is 12.4 Å². The molecule has 3 nitrogen and oxygen atoms in total. The Kier molecular flexibility index (Phi) is 5.48. The highest BCUT2D eigenvalue weighted by atomic mass is 32.1. The third-order valence-corrected chi connectivity index (χ3v) is 3.86. The van der Waals surface area contributed by atoms with Crippen molar-refractivity contribution in [3.63, 3.8) is 0 Å². The SMILES string of the molecule is CCCNC(Cc1ccncc1)Cc1csc(C)n1. The van der Waals surface area contributed by atoms with Crippen molar-refractivity contribution in [3.8, 4) is 0 Å². The zero-order valence-electron chi connectivity index (χ0n) is 11.6. The van der Waals surface area contributed by atoms with Crippen LogP contribution in [-0.2, 0) is 12.8 Å². The summed E-state index contributed by atoms with van der Waals surface area (Å²) in [6.45, 7) is 5.31. The van der Waals surface area contributed by atoms with E-state index >= 15 is 0 Å². The summed E-state index contributed by atoms with van der Waals surface area (Å²) in [7, 11) is 0. The van der Waals surface area contributed by atoms with Gasteiger partial charge in [-0.05, 0) is 44.0 Å². The molecule has 2 heterocycles. The van der Waals surface area contributed by atoms with Gasteiger partial charge in [0, 0.05) is 30.2 Å². The molecular weight excluding hydrogens is 254 g/mol. The van der Waals surface area contributed by atoms with Gasteiger partial charge in [-0.3, -0.25) is 4.98 Å². The molecule has 1 unspecified atom stereocenters. The number of rotatable bonds is 7. The third kappa shape index (κ3) is 4.73. The van der Waals surface area contributed by atoms with E-state index in [0.29, 0.717) is 6.04 Å². The number of aromatic nitrogens is 2. The molecule has 0 aromatic carbocycles. The van der Waals surface area contributed by atoms with Gasteiger partial charge < -0.3 is 5.32 Å². The zero-order chi connectivity index (χ0) is 13.5. The van der Waals surface area contributed by atoms with Crippen molar-refractivity contribution >= 4 is 11.3 Å². The van der Waals surface area contributed by atoms with Crippen molar-refractivity contribution in [2.24, 2.45) is 0 Å². The summed E-state index contributed by atoms with van der Waals surface area (Å²) in [4.78, 5) is 8.64. The van der Waals surface area contributed by atoms with Crippen molar-refractivity contribution in [3.05, 3.63) is 46.2 Å². The van der Waals surface area contributed by atoms with E-state index in [0.717, 1.165) is 30.8 Å². The van der Waals surface area contributed by atoms with Gasteiger partial charge in [-0.2, -0.15) is 0 Å². The predicted octanol–water partition coefficient (Wildman–Crippen LogP) is 3.00. The Morgan fingerprint density at radius 1 is 1.26 bits per heavy atom. The van der Waals surface area contributed by atoms with E-state index in [-0.39, 0.29) is 0 Å². The Balaban J connectivity index is 1.99. The molecule has 0 fully saturated rings. The van der Waals surface area contributed by atoms with Crippen LogP contribution in [0.5, 0.6) is 0 Å². The van der Waals surface area contributed by atoms with E-state index in [4.69, 9.17) is 0 Å². The number of aryl methyl sites for hydroxylation is 1. The topological polar surface area (TPSA) is 37.8 Å². The van der Waals surface area contributed by atoms with Gasteiger partial charge in [0.15, 0.2) is 0 Å². The lowest BCUT2D eigenvalue weighted by molar-refractivity contribution is 0.501. The Labute approximate surface area is 119 Å². The van der Waals surface area contributed by atoms with Crippen LogP contribution in [0.15, 0.2) is 29.9 Å². The fourth-order valence-electron chi connectivity index (χ4n) is 2.12. The van der Waals surface area contributed by atoms with Gasteiger partial charge in [0.05, 0.1) is 10.7 Å². The molecular formula is C15H21N3S. The number of hydrogen-bond acceptors (Lipinski definition) is 4. The smallest absolute Gasteiger partial charge is 0.0897 e. The lowest BCUT2D eigenvalue weighted by Crippen LogP contribution is -2.34. The van der Waals surface area contributed by atoms with E-state index in [1.165, 1.54) is 11.3 Å². The van der Waals surface area contributed by atoms with Crippen LogP contribution in [0, 0.1) is 6.92 Å². The molecule has 0 aliphatic carbocycles. The maximum absolute atomic E-state index is 4.57. The van der Waals surface area contributed by atoms with Gasteiger partial charge in [-0.1, -0.05) is 6.92 Å². The number of nitrogens with one attached hydrogen (secondary N) is 1. The molecule has 4 heteroatoms. The van der Waals surface area contributed by atoms with Crippen molar-refractivity contribution < 1.29 is 0 Å². The van der Waals surface area contributed by atoms with Crippen LogP contribution >= 0.6 is 11.3 Å². The summed E-state index contributed by atoms with van der Waals surface area (Å²) in [6, 6.07) is 4.63. The standard InChI is InChI=1S/C15H21N3S/c1-3-6-17-14(9-13-4-7-16-8-5-13)10-15-11-19-12(2)18-15/h4-5,7-8,11,14,17H,3,6,9-10H2,1-2H3. The average molecular weight is 275 g/mol. The minimum absolute atomic E-state index is 0.448. The molecule has 0 aliphatic rings. The molecule has 2 aromatic rings. The maximum atomic E-state index is 4.57. The lowest BCUT2D eigenvalue weighted by Gasteiger charge is -2.17. The molecule has 102 valence electrons. The monoisotopic (exact) mass is 275 g/mol. The second kappa shape index (κ2) is 7.36. The third-order valence-electron chi connectivity index (χ3n) is 3.04. The van der Waals surface area contributed by atoms with Crippen LogP contribution < -0.4 is 5.32 Å². The van der Waals surface area contributed by atoms with E-state index < -0.39 is 0 Å². The molecule has 0 radical (unpaired) electrons. The van der Waals surface area contributed by atoms with Gasteiger partial charge in [0.2, 0.25) is 0 Å². The summed E-state index contributed by atoms with van der Waals surface area (Å²) >= 11 is 1.73. The molecule has 0 bridgehead atoms. The number of nitrogens with zero attached hydrogens (tertiary/aromatic N) is 2. The summed E-state index contributed by atoms with van der Waals surface area (Å²) in [5.74, 6) is 0. The fraction of sp³-hybridized carbons (Fsp3) is 0.467. The summed E-state index contributed by atoms with van der Waals surface area (Å²) in [5.41, 5.74) is 2.53. The second-order valence-electron chi connectivity index (χ2n) is 4.77. The summed E-state index contributed by atoms with van der Waals surface area (Å²) in [5, 5.41) is 6.94. The van der Waals surface area contributed by atoms with Crippen molar-refractivity contribution in [2.45, 2.75) is 39.2 Å². The summed E-state index contributed by atoms with van der Waals surface area (Å²) < 4.78 is 0. The van der Waals surface area contributed by atoms with Crippen molar-refractivity contribution in [1.82, 2.24) is 15.3 Å². The Morgan fingerprint density at radius 3 is 2.68 bits per heavy atom. The van der Waals surface area contributed by atoms with E-state index in [2.05, 4.69) is 46.6 Å². The summed E-state index contributed by atoms with van der Waals surface area (Å²) in [6.07, 6.45) is 6.90. The molecule has 1 N–H and O–H groups in total. The number of thiazole rings is 1. The molecule has 2 aromatic heterocycles. The van der Waals surface area contributed by atoms with Gasteiger partial charge in [0.25, 0.3) is 0 Å². The second-order valence-corrected chi connectivity index (χ2v) is 5.83. The molecule has 19 heavy (non-hydrogen) atoms. The van der Waals surface area contributed by atoms with Crippen LogP contribution in [0.2, 0.25) is 0 Å². The molecule has 2 rings (SSSR count). The van der Waals surface area contributed by atoms with Gasteiger partial charge >= 0.3 is 0 Å². The highest BCUT2D eigenvalue weighted by Crippen LogP contribution is 2.12. The molecule has 0 saturated heterocycles. The predicted molar refractivity (Wildman–Crippen MR) is 80.6 cm³/mol. The van der Waals surface area contributed by atoms with Crippen LogP contribution in [0.3, 0.4) is 0 Å². The Morgan fingerprint density at radius 2 is 2.05 bits per heavy atom. The molecule has 0 amide bonds. The van der Waals surface area contributed by atoms with Gasteiger partial charge in [-0.15, -0.1) is 11.3 Å². The number of pyridine rings is 1. The Hall–Kier alpha value is -1.26. The quantitative estimate of drug-likeness (QED) is 0.844. The minimum atomic E-state index is 0.448. The highest BCUT2D eigenvalue weighted by molar-refractivity contribution is 7.09. The molecule has 0 aliphatic heterocycles. The van der Waals surface area contributed by atoms with E-state index in [9.17, 15) is 0 Å². The van der Waals surface area contributed by atoms with E-state index in [1.54, 1.807) is 11.3 Å². The average Bonchev–Trinajstić information content (AvgIpc) is 2.82. The fourth-order valence-corrected chi connectivity index (χ4v) is 2.75. The zero-order valence-corrected chi connectivity index (χ0v) is 12.4. The van der Waals surface area contributed by atoms with Crippen LogP contribution in [0.1, 0.15) is 29.6 Å². The van der Waals surface area contributed by atoms with Gasteiger partial charge in [-0.25, -0.2) is 4.98 Å². The minimum Gasteiger partial charge on any atom is -0.313 e. The first-order valence-electron chi connectivity index (χ1n) is 6.81. The van der Waals surface area contributed by atoms with Crippen molar-refractivity contribution in [1.29, 1.82) is 0 Å². The molecule has 0 spiro atoms. The Bertz CT molecular complexity index is 481. The van der Waals surface area contributed by atoms with Crippen LogP contribution in [0.4, 0.5) is 0 Å². The first-order valence-corrected chi connectivity index (χ1v) is 7.69. The number of hydrogen-bond donors (Lipinski definition) is 1. The first-order chi connectivity index (χ1) is 9.28. The van der Waals surface area contributed by atoms with Crippen LogP contribution in [0.25, 0.3) is 0 Å². The largest absolute Gasteiger partial charge is 0.313 e. The molecule has 0 saturated carbocycles. The van der Waals surface area contributed by atoms with Gasteiger partial charge in [0.1, 0.15) is 0 Å². The first kappa shape index (κ1) is 14.2. The van der Waals surface area contributed by atoms with Crippen LogP contribution in [-0.4, -0.2) is 22.6 Å². The maximum Gasteiger partial charge on any atom is 0.0897 e.